The molecule has 27 heavy (non-hydrogen) atoms. The molecular formula is C18H22N4O4S. The SMILES string of the molecule is COc1ccc(S(N)(=O)=O)cc1C(=O)NCc1ccnc(N2CCCC2)c1. The number of anilines is 1. The van der Waals surface area contributed by atoms with E-state index in [0.717, 1.165) is 37.3 Å². The molecule has 1 aliphatic heterocycles. The van der Waals surface area contributed by atoms with Gasteiger partial charge in [-0.25, -0.2) is 18.5 Å². The lowest BCUT2D eigenvalue weighted by molar-refractivity contribution is 0.0947. The van der Waals surface area contributed by atoms with Gasteiger partial charge in [0.05, 0.1) is 17.6 Å². The Hall–Kier alpha value is -2.65. The highest BCUT2D eigenvalue weighted by Crippen LogP contribution is 2.22. The number of sulfonamides is 1. The Morgan fingerprint density at radius 3 is 2.67 bits per heavy atom. The normalized spacial score (nSPS) is 14.2. The molecule has 0 bridgehead atoms. The van der Waals surface area contributed by atoms with Gasteiger partial charge < -0.3 is 15.0 Å². The standard InChI is InChI=1S/C18H22N4O4S/c1-26-16-5-4-14(27(19,24)25)11-15(16)18(23)21-12-13-6-7-20-17(10-13)22-8-2-3-9-22/h4-7,10-11H,2-3,8-9,12H2,1H3,(H,21,23)(H2,19,24,25). The predicted octanol–water partition coefficient (Wildman–Crippen LogP) is 1.27. The number of benzene rings is 1. The van der Waals surface area contributed by atoms with Gasteiger partial charge in [-0.3, -0.25) is 4.79 Å². The summed E-state index contributed by atoms with van der Waals surface area (Å²) in [7, 11) is -2.50. The van der Waals surface area contributed by atoms with Crippen molar-refractivity contribution in [3.8, 4) is 5.75 Å². The highest BCUT2D eigenvalue weighted by molar-refractivity contribution is 7.89. The Kier molecular flexibility index (Phi) is 5.62. The van der Waals surface area contributed by atoms with E-state index < -0.39 is 15.9 Å². The van der Waals surface area contributed by atoms with E-state index in [1.807, 2.05) is 12.1 Å². The van der Waals surface area contributed by atoms with Gasteiger partial charge in [-0.05, 0) is 48.7 Å². The third-order valence-corrected chi connectivity index (χ3v) is 5.35. The van der Waals surface area contributed by atoms with E-state index >= 15 is 0 Å². The molecule has 1 fully saturated rings. The fourth-order valence-corrected chi connectivity index (χ4v) is 3.55. The summed E-state index contributed by atoms with van der Waals surface area (Å²) in [5.74, 6) is 0.720. The molecule has 1 aliphatic rings. The highest BCUT2D eigenvalue weighted by atomic mass is 32.2. The molecule has 1 aromatic heterocycles. The Balaban J connectivity index is 1.75. The number of methoxy groups -OCH3 is 1. The second kappa shape index (κ2) is 7.93. The number of pyridine rings is 1. The number of carbonyl (C=O) groups excluding carboxylic acids is 1. The van der Waals surface area contributed by atoms with Crippen LogP contribution in [-0.4, -0.2) is 39.5 Å². The van der Waals surface area contributed by atoms with Crippen LogP contribution in [-0.2, 0) is 16.6 Å². The Morgan fingerprint density at radius 1 is 1.26 bits per heavy atom. The van der Waals surface area contributed by atoms with Gasteiger partial charge >= 0.3 is 0 Å². The molecule has 2 aromatic rings. The summed E-state index contributed by atoms with van der Waals surface area (Å²) in [6.07, 6.45) is 4.03. The van der Waals surface area contributed by atoms with Gasteiger partial charge in [-0.2, -0.15) is 0 Å². The van der Waals surface area contributed by atoms with E-state index in [1.54, 1.807) is 6.20 Å². The number of amides is 1. The van der Waals surface area contributed by atoms with E-state index in [4.69, 9.17) is 9.88 Å². The molecule has 0 spiro atoms. The summed E-state index contributed by atoms with van der Waals surface area (Å²) in [4.78, 5) is 19.0. The van der Waals surface area contributed by atoms with Crippen LogP contribution in [0.3, 0.4) is 0 Å². The van der Waals surface area contributed by atoms with Gasteiger partial charge in [0.2, 0.25) is 10.0 Å². The number of nitrogens with two attached hydrogens (primary N) is 1. The van der Waals surface area contributed by atoms with Crippen LogP contribution in [0.4, 0.5) is 5.82 Å². The summed E-state index contributed by atoms with van der Waals surface area (Å²) in [6, 6.07) is 7.70. The van der Waals surface area contributed by atoms with Crippen molar-refractivity contribution in [2.24, 2.45) is 5.14 Å². The lowest BCUT2D eigenvalue weighted by Gasteiger charge is -2.17. The molecule has 9 heteroatoms. The smallest absolute Gasteiger partial charge is 0.255 e. The number of primary sulfonamides is 1. The van der Waals surface area contributed by atoms with Crippen molar-refractivity contribution in [3.05, 3.63) is 47.7 Å². The van der Waals surface area contributed by atoms with E-state index in [1.165, 1.54) is 25.3 Å². The van der Waals surface area contributed by atoms with Crippen molar-refractivity contribution in [3.63, 3.8) is 0 Å². The molecule has 1 amide bonds. The summed E-state index contributed by atoms with van der Waals surface area (Å²) in [6.45, 7) is 2.26. The van der Waals surface area contributed by atoms with Crippen molar-refractivity contribution < 1.29 is 17.9 Å². The highest BCUT2D eigenvalue weighted by Gasteiger charge is 2.18. The maximum atomic E-state index is 12.6. The second-order valence-corrected chi connectivity index (χ2v) is 7.87. The fourth-order valence-electron chi connectivity index (χ4n) is 3.01. The van der Waals surface area contributed by atoms with Crippen molar-refractivity contribution in [2.75, 3.05) is 25.1 Å². The van der Waals surface area contributed by atoms with Gasteiger partial charge in [-0.15, -0.1) is 0 Å². The number of aromatic nitrogens is 1. The summed E-state index contributed by atoms with van der Waals surface area (Å²) >= 11 is 0. The minimum atomic E-state index is -3.92. The molecule has 144 valence electrons. The molecule has 8 nitrogen and oxygen atoms in total. The average molecular weight is 390 g/mol. The zero-order valence-electron chi connectivity index (χ0n) is 15.0. The molecular weight excluding hydrogens is 368 g/mol. The van der Waals surface area contributed by atoms with Crippen molar-refractivity contribution in [1.82, 2.24) is 10.3 Å². The first-order chi connectivity index (χ1) is 12.9. The maximum Gasteiger partial charge on any atom is 0.255 e. The van der Waals surface area contributed by atoms with E-state index in [9.17, 15) is 13.2 Å². The van der Waals surface area contributed by atoms with E-state index in [2.05, 4.69) is 15.2 Å². The van der Waals surface area contributed by atoms with Crippen LogP contribution in [0, 0.1) is 0 Å². The molecule has 0 radical (unpaired) electrons. The van der Waals surface area contributed by atoms with Crippen LogP contribution in [0.5, 0.6) is 5.75 Å². The Labute approximate surface area is 158 Å². The number of carbonyl (C=O) groups is 1. The van der Waals surface area contributed by atoms with Crippen LogP contribution in [0.1, 0.15) is 28.8 Å². The van der Waals surface area contributed by atoms with Gasteiger partial charge in [0.25, 0.3) is 5.91 Å². The molecule has 1 saturated heterocycles. The molecule has 0 atom stereocenters. The third-order valence-electron chi connectivity index (χ3n) is 4.44. The zero-order valence-corrected chi connectivity index (χ0v) is 15.8. The number of hydrogen-bond acceptors (Lipinski definition) is 6. The Morgan fingerprint density at radius 2 is 2.00 bits per heavy atom. The molecule has 3 rings (SSSR count). The van der Waals surface area contributed by atoms with Crippen molar-refractivity contribution >= 4 is 21.7 Å². The predicted molar refractivity (Wildman–Crippen MR) is 101 cm³/mol. The van der Waals surface area contributed by atoms with Crippen LogP contribution in [0.15, 0.2) is 41.4 Å². The molecule has 0 saturated carbocycles. The first-order valence-corrected chi connectivity index (χ1v) is 10.1. The quantitative estimate of drug-likeness (QED) is 0.768. The number of nitrogens with one attached hydrogen (secondary N) is 1. The minimum Gasteiger partial charge on any atom is -0.496 e. The fraction of sp³-hybridized carbons (Fsp3) is 0.333. The molecule has 0 unspecified atom stereocenters. The van der Waals surface area contributed by atoms with Gasteiger partial charge in [0.15, 0.2) is 0 Å². The Bertz CT molecular complexity index is 940. The average Bonchev–Trinajstić information content (AvgIpc) is 3.20. The monoisotopic (exact) mass is 390 g/mol. The van der Waals surface area contributed by atoms with Gasteiger partial charge in [0.1, 0.15) is 11.6 Å². The summed E-state index contributed by atoms with van der Waals surface area (Å²) in [5, 5.41) is 7.93. The maximum absolute atomic E-state index is 12.6. The topological polar surface area (TPSA) is 115 Å². The second-order valence-electron chi connectivity index (χ2n) is 6.31. The summed E-state index contributed by atoms with van der Waals surface area (Å²) < 4.78 is 28.2. The van der Waals surface area contributed by atoms with Gasteiger partial charge in [-0.1, -0.05) is 0 Å². The lowest BCUT2D eigenvalue weighted by Crippen LogP contribution is -2.24. The molecule has 0 aliphatic carbocycles. The van der Waals surface area contributed by atoms with Crippen molar-refractivity contribution in [1.29, 1.82) is 0 Å². The minimum absolute atomic E-state index is 0.109. The molecule has 2 heterocycles. The molecule has 1 aromatic carbocycles. The lowest BCUT2D eigenvalue weighted by atomic mass is 10.1. The van der Waals surface area contributed by atoms with Crippen LogP contribution in [0.2, 0.25) is 0 Å². The van der Waals surface area contributed by atoms with Crippen LogP contribution >= 0.6 is 0 Å². The van der Waals surface area contributed by atoms with Crippen LogP contribution < -0.4 is 20.1 Å². The zero-order chi connectivity index (χ0) is 19.4. The van der Waals surface area contributed by atoms with Crippen molar-refractivity contribution in [2.45, 2.75) is 24.3 Å². The van der Waals surface area contributed by atoms with E-state index in [0.29, 0.717) is 0 Å². The third kappa shape index (κ3) is 4.55. The van der Waals surface area contributed by atoms with E-state index in [-0.39, 0.29) is 22.8 Å². The number of hydrogen-bond donors (Lipinski definition) is 2. The number of rotatable bonds is 6. The number of nitrogens with zero attached hydrogens (tertiary/aromatic N) is 2. The largest absolute Gasteiger partial charge is 0.496 e. The summed E-state index contributed by atoms with van der Waals surface area (Å²) in [5.41, 5.74) is 1.01. The first kappa shape index (κ1) is 19.1. The molecule has 3 N–H and O–H groups in total. The number of ether oxygens (including phenoxy) is 1. The van der Waals surface area contributed by atoms with Crippen LogP contribution in [0.25, 0.3) is 0 Å². The van der Waals surface area contributed by atoms with Gasteiger partial charge in [0, 0.05) is 25.8 Å². The first-order valence-electron chi connectivity index (χ1n) is 8.57.